The summed E-state index contributed by atoms with van der Waals surface area (Å²) < 4.78 is 11.5. The number of hydrogen-bond donors (Lipinski definition) is 1. The minimum absolute atomic E-state index is 0.514. The van der Waals surface area contributed by atoms with Gasteiger partial charge >= 0.3 is 0 Å². The van der Waals surface area contributed by atoms with Gasteiger partial charge in [-0.25, -0.2) is 0 Å². The number of hydrogen-bond acceptors (Lipinski definition) is 3. The molecule has 0 aromatic carbocycles. The molecule has 3 fully saturated rings. The van der Waals surface area contributed by atoms with Crippen LogP contribution in [0.3, 0.4) is 0 Å². The highest BCUT2D eigenvalue weighted by Crippen LogP contribution is 2.37. The van der Waals surface area contributed by atoms with Gasteiger partial charge in [0.2, 0.25) is 0 Å². The second-order valence-electron chi connectivity index (χ2n) is 6.84. The predicted molar refractivity (Wildman–Crippen MR) is 80.9 cm³/mol. The maximum Gasteiger partial charge on any atom is 0.0363 e. The summed E-state index contributed by atoms with van der Waals surface area (Å²) in [6.45, 7) is 4.57. The molecule has 4 heteroatoms. The van der Waals surface area contributed by atoms with Gasteiger partial charge in [-0.3, -0.25) is 4.21 Å². The van der Waals surface area contributed by atoms with Gasteiger partial charge in [-0.1, -0.05) is 19.3 Å². The number of rotatable bonds is 5. The van der Waals surface area contributed by atoms with Gasteiger partial charge in [0.1, 0.15) is 0 Å². The Morgan fingerprint density at radius 1 is 1.11 bits per heavy atom. The molecule has 0 radical (unpaired) electrons. The van der Waals surface area contributed by atoms with Crippen molar-refractivity contribution >= 4 is 10.8 Å². The first-order chi connectivity index (χ1) is 9.26. The highest BCUT2D eigenvalue weighted by Gasteiger charge is 2.36. The van der Waals surface area contributed by atoms with E-state index in [0.29, 0.717) is 5.41 Å². The van der Waals surface area contributed by atoms with Crippen LogP contribution in [0.2, 0.25) is 0 Å². The maximum absolute atomic E-state index is 11.5. The van der Waals surface area contributed by atoms with Gasteiger partial charge in [-0.05, 0) is 31.1 Å². The summed E-state index contributed by atoms with van der Waals surface area (Å²) in [4.78, 5) is 2.58. The lowest BCUT2D eigenvalue weighted by Crippen LogP contribution is -2.49. The monoisotopic (exact) mass is 284 g/mol. The number of nitrogens with zero attached hydrogens (tertiary/aromatic N) is 1. The second kappa shape index (κ2) is 6.23. The first kappa shape index (κ1) is 14.0. The molecule has 0 unspecified atom stereocenters. The summed E-state index contributed by atoms with van der Waals surface area (Å²) >= 11 is 0. The third-order valence-corrected chi connectivity index (χ3v) is 6.36. The Hall–Kier alpha value is 0.0700. The zero-order valence-electron chi connectivity index (χ0n) is 12.0. The standard InChI is InChI=1S/C15H28N2OS/c18-19-10-8-17(9-11-19)13-15(6-2-1-3-7-15)12-16-14-4-5-14/h14,16H,1-13H2. The van der Waals surface area contributed by atoms with Crippen molar-refractivity contribution in [3.63, 3.8) is 0 Å². The fraction of sp³-hybridized carbons (Fsp3) is 1.00. The zero-order valence-corrected chi connectivity index (χ0v) is 12.8. The van der Waals surface area contributed by atoms with E-state index in [4.69, 9.17) is 0 Å². The molecule has 0 aromatic rings. The van der Waals surface area contributed by atoms with Gasteiger partial charge in [0, 0.05) is 54.5 Å². The van der Waals surface area contributed by atoms with E-state index in [0.717, 1.165) is 30.6 Å². The SMILES string of the molecule is O=S1CCN(CC2(CNC3CC3)CCCCC2)CC1. The van der Waals surface area contributed by atoms with Crippen LogP contribution in [0.15, 0.2) is 0 Å². The van der Waals surface area contributed by atoms with E-state index in [-0.39, 0.29) is 0 Å². The van der Waals surface area contributed by atoms with E-state index in [1.165, 1.54) is 58.0 Å². The molecule has 1 aliphatic heterocycles. The van der Waals surface area contributed by atoms with Crippen LogP contribution in [0.5, 0.6) is 0 Å². The molecule has 2 saturated carbocycles. The van der Waals surface area contributed by atoms with E-state index in [1.807, 2.05) is 0 Å². The van der Waals surface area contributed by atoms with Gasteiger partial charge < -0.3 is 10.2 Å². The van der Waals surface area contributed by atoms with Crippen molar-refractivity contribution in [2.75, 3.05) is 37.7 Å². The van der Waals surface area contributed by atoms with Crippen molar-refractivity contribution in [1.82, 2.24) is 10.2 Å². The van der Waals surface area contributed by atoms with E-state index in [1.54, 1.807) is 0 Å². The molecule has 3 nitrogen and oxygen atoms in total. The molecule has 1 N–H and O–H groups in total. The summed E-state index contributed by atoms with van der Waals surface area (Å²) in [7, 11) is -0.539. The third kappa shape index (κ3) is 4.02. The molecule has 0 amide bonds. The summed E-state index contributed by atoms with van der Waals surface area (Å²) in [6, 6.07) is 0.827. The maximum atomic E-state index is 11.5. The van der Waals surface area contributed by atoms with Crippen LogP contribution in [-0.4, -0.2) is 52.8 Å². The molecule has 110 valence electrons. The minimum atomic E-state index is -0.539. The van der Waals surface area contributed by atoms with Crippen LogP contribution in [-0.2, 0) is 10.8 Å². The van der Waals surface area contributed by atoms with Crippen LogP contribution in [0.1, 0.15) is 44.9 Å². The molecule has 0 bridgehead atoms. The van der Waals surface area contributed by atoms with Crippen LogP contribution in [0.25, 0.3) is 0 Å². The van der Waals surface area contributed by atoms with Crippen molar-refractivity contribution in [3.05, 3.63) is 0 Å². The molecule has 0 spiro atoms. The Morgan fingerprint density at radius 2 is 1.79 bits per heavy atom. The van der Waals surface area contributed by atoms with Gasteiger partial charge in [-0.15, -0.1) is 0 Å². The Bertz CT molecular complexity index is 314. The van der Waals surface area contributed by atoms with Gasteiger partial charge in [0.25, 0.3) is 0 Å². The van der Waals surface area contributed by atoms with Gasteiger partial charge in [0.05, 0.1) is 0 Å². The average molecular weight is 284 g/mol. The highest BCUT2D eigenvalue weighted by molar-refractivity contribution is 7.85. The Morgan fingerprint density at radius 3 is 2.42 bits per heavy atom. The summed E-state index contributed by atoms with van der Waals surface area (Å²) in [5.41, 5.74) is 0.514. The highest BCUT2D eigenvalue weighted by atomic mass is 32.2. The fourth-order valence-corrected chi connectivity index (χ4v) is 4.78. The Kier molecular flexibility index (Phi) is 4.60. The smallest absolute Gasteiger partial charge is 0.0363 e. The quantitative estimate of drug-likeness (QED) is 0.835. The second-order valence-corrected chi connectivity index (χ2v) is 8.54. The molecule has 0 aromatic heterocycles. The van der Waals surface area contributed by atoms with Crippen molar-refractivity contribution < 1.29 is 4.21 Å². The van der Waals surface area contributed by atoms with Crippen LogP contribution < -0.4 is 5.32 Å². The predicted octanol–water partition coefficient (Wildman–Crippen LogP) is 1.75. The molecule has 1 saturated heterocycles. The van der Waals surface area contributed by atoms with Crippen LogP contribution in [0, 0.1) is 5.41 Å². The molecule has 2 aliphatic carbocycles. The minimum Gasteiger partial charge on any atom is -0.313 e. The summed E-state index contributed by atoms with van der Waals surface area (Å²) in [5, 5.41) is 3.78. The normalized spacial score (nSPS) is 29.5. The molecule has 19 heavy (non-hydrogen) atoms. The molecular formula is C15H28N2OS. The zero-order chi connectivity index (χ0) is 13.1. The average Bonchev–Trinajstić information content (AvgIpc) is 3.25. The molecule has 3 aliphatic rings. The first-order valence-electron chi connectivity index (χ1n) is 8.07. The van der Waals surface area contributed by atoms with Crippen molar-refractivity contribution in [2.45, 2.75) is 51.0 Å². The summed E-state index contributed by atoms with van der Waals surface area (Å²) in [6.07, 6.45) is 9.81. The lowest BCUT2D eigenvalue weighted by Gasteiger charge is -2.42. The van der Waals surface area contributed by atoms with Crippen LogP contribution in [0.4, 0.5) is 0 Å². The van der Waals surface area contributed by atoms with E-state index < -0.39 is 10.8 Å². The molecule has 1 heterocycles. The summed E-state index contributed by atoms with van der Waals surface area (Å²) in [5.74, 6) is 1.79. The fourth-order valence-electron chi connectivity index (χ4n) is 3.65. The van der Waals surface area contributed by atoms with Crippen molar-refractivity contribution in [2.24, 2.45) is 5.41 Å². The molecule has 0 atom stereocenters. The largest absolute Gasteiger partial charge is 0.313 e. The third-order valence-electron chi connectivity index (χ3n) is 5.09. The van der Waals surface area contributed by atoms with Crippen LogP contribution >= 0.6 is 0 Å². The lowest BCUT2D eigenvalue weighted by molar-refractivity contribution is 0.107. The lowest BCUT2D eigenvalue weighted by atomic mass is 9.73. The first-order valence-corrected chi connectivity index (χ1v) is 9.55. The van der Waals surface area contributed by atoms with Crippen molar-refractivity contribution in [3.8, 4) is 0 Å². The van der Waals surface area contributed by atoms with E-state index >= 15 is 0 Å². The van der Waals surface area contributed by atoms with E-state index in [2.05, 4.69) is 10.2 Å². The Balaban J connectivity index is 1.55. The molecule has 3 rings (SSSR count). The number of nitrogens with one attached hydrogen (secondary N) is 1. The van der Waals surface area contributed by atoms with Gasteiger partial charge in [-0.2, -0.15) is 0 Å². The van der Waals surface area contributed by atoms with Crippen molar-refractivity contribution in [1.29, 1.82) is 0 Å². The molecular weight excluding hydrogens is 256 g/mol. The van der Waals surface area contributed by atoms with Gasteiger partial charge in [0.15, 0.2) is 0 Å². The topological polar surface area (TPSA) is 32.3 Å². The van der Waals surface area contributed by atoms with E-state index in [9.17, 15) is 4.21 Å². The Labute approximate surface area is 120 Å².